The van der Waals surface area contributed by atoms with Crippen LogP contribution in [-0.2, 0) is 6.54 Å². The zero-order chi connectivity index (χ0) is 11.4. The SMILES string of the molecule is CN(C)C(=O)NCc1ccc(F)c(F)c1. The maximum Gasteiger partial charge on any atom is 0.317 e. The highest BCUT2D eigenvalue weighted by Crippen LogP contribution is 2.08. The Labute approximate surface area is 86.7 Å². The van der Waals surface area contributed by atoms with Crippen molar-refractivity contribution in [3.8, 4) is 0 Å². The quantitative estimate of drug-likeness (QED) is 0.799. The van der Waals surface area contributed by atoms with E-state index >= 15 is 0 Å². The van der Waals surface area contributed by atoms with Crippen LogP contribution in [0.1, 0.15) is 5.56 Å². The summed E-state index contributed by atoms with van der Waals surface area (Å²) in [5.74, 6) is -1.80. The Morgan fingerprint density at radius 3 is 2.53 bits per heavy atom. The Hall–Kier alpha value is -1.65. The molecule has 0 aliphatic rings. The third kappa shape index (κ3) is 3.19. The highest BCUT2D eigenvalue weighted by molar-refractivity contribution is 5.73. The first-order valence-electron chi connectivity index (χ1n) is 4.40. The van der Waals surface area contributed by atoms with E-state index in [1.807, 2.05) is 0 Å². The molecule has 82 valence electrons. The van der Waals surface area contributed by atoms with Gasteiger partial charge in [-0.1, -0.05) is 6.07 Å². The molecular formula is C10H12F2N2O. The van der Waals surface area contributed by atoms with Crippen LogP contribution in [0.4, 0.5) is 13.6 Å². The Kier molecular flexibility index (Phi) is 3.60. The summed E-state index contributed by atoms with van der Waals surface area (Å²) in [5, 5.41) is 2.54. The molecule has 5 heteroatoms. The summed E-state index contributed by atoms with van der Waals surface area (Å²) in [6.07, 6.45) is 0. The van der Waals surface area contributed by atoms with Crippen LogP contribution < -0.4 is 5.32 Å². The van der Waals surface area contributed by atoms with Crippen LogP contribution in [-0.4, -0.2) is 25.0 Å². The summed E-state index contributed by atoms with van der Waals surface area (Å²) in [7, 11) is 3.20. The van der Waals surface area contributed by atoms with Gasteiger partial charge in [0, 0.05) is 20.6 Å². The lowest BCUT2D eigenvalue weighted by Crippen LogP contribution is -2.33. The average Bonchev–Trinajstić information content (AvgIpc) is 2.19. The maximum atomic E-state index is 12.8. The minimum atomic E-state index is -0.911. The van der Waals surface area contributed by atoms with Crippen LogP contribution in [0, 0.1) is 11.6 Å². The summed E-state index contributed by atoms with van der Waals surface area (Å²) in [5.41, 5.74) is 0.518. The molecule has 0 aliphatic heterocycles. The largest absolute Gasteiger partial charge is 0.334 e. The van der Waals surface area contributed by atoms with Crippen molar-refractivity contribution in [1.82, 2.24) is 10.2 Å². The lowest BCUT2D eigenvalue weighted by Gasteiger charge is -2.11. The van der Waals surface area contributed by atoms with E-state index in [9.17, 15) is 13.6 Å². The number of benzene rings is 1. The molecule has 0 atom stereocenters. The van der Waals surface area contributed by atoms with Gasteiger partial charge < -0.3 is 10.2 Å². The fourth-order valence-corrected chi connectivity index (χ4v) is 0.985. The van der Waals surface area contributed by atoms with Gasteiger partial charge in [0.25, 0.3) is 0 Å². The molecule has 1 rings (SSSR count). The van der Waals surface area contributed by atoms with Gasteiger partial charge in [-0.25, -0.2) is 13.6 Å². The zero-order valence-electron chi connectivity index (χ0n) is 8.55. The van der Waals surface area contributed by atoms with E-state index in [-0.39, 0.29) is 12.6 Å². The number of nitrogens with one attached hydrogen (secondary N) is 1. The van der Waals surface area contributed by atoms with Crippen molar-refractivity contribution in [3.05, 3.63) is 35.4 Å². The van der Waals surface area contributed by atoms with Crippen LogP contribution in [0.25, 0.3) is 0 Å². The predicted octanol–water partition coefficient (Wildman–Crippen LogP) is 1.74. The molecule has 1 aromatic rings. The molecule has 1 N–H and O–H groups in total. The number of urea groups is 1. The van der Waals surface area contributed by atoms with E-state index in [4.69, 9.17) is 0 Å². The fraction of sp³-hybridized carbons (Fsp3) is 0.300. The third-order valence-electron chi connectivity index (χ3n) is 1.83. The van der Waals surface area contributed by atoms with E-state index in [1.54, 1.807) is 14.1 Å². The summed E-state index contributed by atoms with van der Waals surface area (Å²) in [6.45, 7) is 0.175. The molecule has 0 heterocycles. The molecule has 15 heavy (non-hydrogen) atoms. The van der Waals surface area contributed by atoms with Crippen LogP contribution >= 0.6 is 0 Å². The number of halogens is 2. The number of nitrogens with zero attached hydrogens (tertiary/aromatic N) is 1. The summed E-state index contributed by atoms with van der Waals surface area (Å²) >= 11 is 0. The van der Waals surface area contributed by atoms with Crippen LogP contribution in [0.3, 0.4) is 0 Å². The van der Waals surface area contributed by atoms with Crippen molar-refractivity contribution in [3.63, 3.8) is 0 Å². The normalized spacial score (nSPS) is 9.87. The van der Waals surface area contributed by atoms with E-state index < -0.39 is 11.6 Å². The molecule has 1 aromatic carbocycles. The maximum absolute atomic E-state index is 12.8. The molecule has 0 saturated heterocycles. The van der Waals surface area contributed by atoms with Crippen molar-refractivity contribution < 1.29 is 13.6 Å². The van der Waals surface area contributed by atoms with Crippen LogP contribution in [0.5, 0.6) is 0 Å². The van der Waals surface area contributed by atoms with E-state index in [1.165, 1.54) is 11.0 Å². The molecular weight excluding hydrogens is 202 g/mol. The zero-order valence-corrected chi connectivity index (χ0v) is 8.55. The topological polar surface area (TPSA) is 32.3 Å². The number of hydrogen-bond donors (Lipinski definition) is 1. The Morgan fingerprint density at radius 2 is 2.00 bits per heavy atom. The van der Waals surface area contributed by atoms with E-state index in [2.05, 4.69) is 5.32 Å². The Balaban J connectivity index is 2.58. The van der Waals surface area contributed by atoms with Crippen LogP contribution in [0.2, 0.25) is 0 Å². The highest BCUT2D eigenvalue weighted by Gasteiger charge is 2.05. The van der Waals surface area contributed by atoms with Gasteiger partial charge in [-0.15, -0.1) is 0 Å². The Bertz CT molecular complexity index is 366. The minimum absolute atomic E-state index is 0.175. The molecule has 0 radical (unpaired) electrons. The molecule has 2 amide bonds. The minimum Gasteiger partial charge on any atom is -0.334 e. The van der Waals surface area contributed by atoms with Crippen molar-refractivity contribution in [1.29, 1.82) is 0 Å². The van der Waals surface area contributed by atoms with Gasteiger partial charge in [0.05, 0.1) is 0 Å². The first-order valence-corrected chi connectivity index (χ1v) is 4.40. The molecule has 0 bridgehead atoms. The van der Waals surface area contributed by atoms with E-state index in [0.29, 0.717) is 5.56 Å². The van der Waals surface area contributed by atoms with Gasteiger partial charge in [0.15, 0.2) is 11.6 Å². The lowest BCUT2D eigenvalue weighted by atomic mass is 10.2. The molecule has 0 fully saturated rings. The molecule has 0 unspecified atom stereocenters. The molecule has 0 aromatic heterocycles. The number of rotatable bonds is 2. The second kappa shape index (κ2) is 4.72. The van der Waals surface area contributed by atoms with Gasteiger partial charge in [-0.3, -0.25) is 0 Å². The lowest BCUT2D eigenvalue weighted by molar-refractivity contribution is 0.217. The summed E-state index contributed by atoms with van der Waals surface area (Å²) in [6, 6.07) is 3.24. The predicted molar refractivity (Wildman–Crippen MR) is 52.3 cm³/mol. The molecule has 3 nitrogen and oxygen atoms in total. The van der Waals surface area contributed by atoms with Gasteiger partial charge in [0.2, 0.25) is 0 Å². The Morgan fingerprint density at radius 1 is 1.33 bits per heavy atom. The number of amides is 2. The van der Waals surface area contributed by atoms with E-state index in [0.717, 1.165) is 12.1 Å². The molecule has 0 saturated carbocycles. The third-order valence-corrected chi connectivity index (χ3v) is 1.83. The first-order chi connectivity index (χ1) is 7.00. The molecule has 0 spiro atoms. The second-order valence-electron chi connectivity index (χ2n) is 3.30. The summed E-state index contributed by atoms with van der Waals surface area (Å²) < 4.78 is 25.3. The fourth-order valence-electron chi connectivity index (χ4n) is 0.985. The van der Waals surface area contributed by atoms with Gasteiger partial charge in [0.1, 0.15) is 0 Å². The number of carbonyl (C=O) groups is 1. The first kappa shape index (κ1) is 11.4. The average molecular weight is 214 g/mol. The number of carbonyl (C=O) groups excluding carboxylic acids is 1. The standard InChI is InChI=1S/C10H12F2N2O/c1-14(2)10(15)13-6-7-3-4-8(11)9(12)5-7/h3-5H,6H2,1-2H3,(H,13,15). The van der Waals surface area contributed by atoms with Crippen molar-refractivity contribution in [2.24, 2.45) is 0 Å². The van der Waals surface area contributed by atoms with Gasteiger partial charge >= 0.3 is 6.03 Å². The van der Waals surface area contributed by atoms with Crippen molar-refractivity contribution in [2.75, 3.05) is 14.1 Å². The van der Waals surface area contributed by atoms with Crippen LogP contribution in [0.15, 0.2) is 18.2 Å². The number of hydrogen-bond acceptors (Lipinski definition) is 1. The van der Waals surface area contributed by atoms with Gasteiger partial charge in [-0.2, -0.15) is 0 Å². The monoisotopic (exact) mass is 214 g/mol. The van der Waals surface area contributed by atoms with Crippen molar-refractivity contribution >= 4 is 6.03 Å². The molecule has 0 aliphatic carbocycles. The van der Waals surface area contributed by atoms with Gasteiger partial charge in [-0.05, 0) is 17.7 Å². The smallest absolute Gasteiger partial charge is 0.317 e. The highest BCUT2D eigenvalue weighted by atomic mass is 19.2. The second-order valence-corrected chi connectivity index (χ2v) is 3.30. The summed E-state index contributed by atoms with van der Waals surface area (Å²) in [4.78, 5) is 12.5. The van der Waals surface area contributed by atoms with Crippen molar-refractivity contribution in [2.45, 2.75) is 6.54 Å².